The van der Waals surface area contributed by atoms with Gasteiger partial charge in [0.25, 0.3) is 5.91 Å². The van der Waals surface area contributed by atoms with Crippen LogP contribution in [-0.4, -0.2) is 44.7 Å². The molecule has 28 heavy (non-hydrogen) atoms. The molecule has 0 spiro atoms. The molecule has 1 aliphatic heterocycles. The molecule has 0 saturated carbocycles. The minimum Gasteiger partial charge on any atom is -0.324 e. The summed E-state index contributed by atoms with van der Waals surface area (Å²) in [6.07, 6.45) is 0.105. The lowest BCUT2D eigenvalue weighted by Gasteiger charge is -2.28. The third-order valence-corrected chi connectivity index (χ3v) is 6.67. The van der Waals surface area contributed by atoms with Gasteiger partial charge in [0.1, 0.15) is 0 Å². The van der Waals surface area contributed by atoms with Gasteiger partial charge in [-0.2, -0.15) is 0 Å². The number of hydrogen-bond acceptors (Lipinski definition) is 4. The number of rotatable bonds is 3. The van der Waals surface area contributed by atoms with Gasteiger partial charge in [-0.1, -0.05) is 23.7 Å². The van der Waals surface area contributed by atoms with Crippen molar-refractivity contribution >= 4 is 44.8 Å². The summed E-state index contributed by atoms with van der Waals surface area (Å²) >= 11 is 6.25. The Morgan fingerprint density at radius 1 is 1.21 bits per heavy atom. The lowest BCUT2D eigenvalue weighted by Crippen LogP contribution is -2.39. The summed E-state index contributed by atoms with van der Waals surface area (Å²) in [6.45, 7) is 1.76. The van der Waals surface area contributed by atoms with Gasteiger partial charge in [-0.3, -0.25) is 9.59 Å². The van der Waals surface area contributed by atoms with Crippen LogP contribution in [0.5, 0.6) is 0 Å². The Bertz CT molecular complexity index is 1050. The van der Waals surface area contributed by atoms with Crippen molar-refractivity contribution in [3.63, 3.8) is 0 Å². The van der Waals surface area contributed by atoms with Crippen LogP contribution in [-0.2, 0) is 14.8 Å². The van der Waals surface area contributed by atoms with Crippen molar-refractivity contribution in [3.05, 3.63) is 53.1 Å². The quantitative estimate of drug-likeness (QED) is 0.825. The van der Waals surface area contributed by atoms with Crippen LogP contribution >= 0.6 is 11.6 Å². The van der Waals surface area contributed by atoms with Gasteiger partial charge in [0.05, 0.1) is 26.9 Å². The summed E-state index contributed by atoms with van der Waals surface area (Å²) in [7, 11) is -0.908. The molecule has 2 amide bonds. The monoisotopic (exact) mass is 421 g/mol. The number of carbonyl (C=O) groups excluding carboxylic acids is 2. The molecule has 0 radical (unpaired) electrons. The minimum absolute atomic E-state index is 0.0322. The predicted molar refractivity (Wildman–Crippen MR) is 108 cm³/mol. The van der Waals surface area contributed by atoms with Gasteiger partial charge in [0, 0.05) is 26.6 Å². The second-order valence-electron chi connectivity index (χ2n) is 6.72. The Morgan fingerprint density at radius 3 is 2.57 bits per heavy atom. The summed E-state index contributed by atoms with van der Waals surface area (Å²) in [5, 5.41) is 2.92. The number of fused-ring (bicyclic) bond motifs is 1. The standard InChI is InChI=1S/C19H20ClN3O4S/c1-12-10-18(24)21-16-6-4-5-7-17(16)23(12)19(25)14-11-13(8-9-15(14)20)28(26,27)22(2)3/h4-9,11-12H,10H2,1-3H3,(H,21,24)/t12-/m1/s1. The zero-order valence-corrected chi connectivity index (χ0v) is 17.2. The van der Waals surface area contributed by atoms with E-state index in [2.05, 4.69) is 5.32 Å². The fourth-order valence-electron chi connectivity index (χ4n) is 3.07. The largest absolute Gasteiger partial charge is 0.324 e. The number of carbonyl (C=O) groups is 2. The average Bonchev–Trinajstić information content (AvgIpc) is 2.75. The van der Waals surface area contributed by atoms with Crippen molar-refractivity contribution in [2.24, 2.45) is 0 Å². The molecule has 0 aromatic heterocycles. The SMILES string of the molecule is C[C@@H]1CC(=O)Nc2ccccc2N1C(=O)c1cc(S(=O)(=O)N(C)C)ccc1Cl. The van der Waals surface area contributed by atoms with Crippen molar-refractivity contribution in [1.29, 1.82) is 0 Å². The molecule has 3 rings (SSSR count). The Labute approximate surface area is 168 Å². The molecular formula is C19H20ClN3O4S. The minimum atomic E-state index is -3.73. The number of nitrogens with one attached hydrogen (secondary N) is 1. The molecule has 2 aromatic carbocycles. The number of sulfonamides is 1. The Kier molecular flexibility index (Phi) is 5.47. The van der Waals surface area contributed by atoms with Gasteiger partial charge < -0.3 is 10.2 Å². The summed E-state index contributed by atoms with van der Waals surface area (Å²) in [4.78, 5) is 27.0. The molecular weight excluding hydrogens is 402 g/mol. The van der Waals surface area contributed by atoms with Crippen molar-refractivity contribution < 1.29 is 18.0 Å². The second kappa shape index (κ2) is 7.54. The van der Waals surface area contributed by atoms with Crippen molar-refractivity contribution in [3.8, 4) is 0 Å². The first-order valence-corrected chi connectivity index (χ1v) is 10.4. The maximum absolute atomic E-state index is 13.4. The maximum atomic E-state index is 13.4. The number of benzene rings is 2. The number of halogens is 1. The van der Waals surface area contributed by atoms with Gasteiger partial charge in [-0.05, 0) is 37.3 Å². The van der Waals surface area contributed by atoms with E-state index < -0.39 is 22.0 Å². The third kappa shape index (κ3) is 3.63. The molecule has 0 unspecified atom stereocenters. The molecule has 2 aromatic rings. The van der Waals surface area contributed by atoms with Gasteiger partial charge in [0.2, 0.25) is 15.9 Å². The predicted octanol–water partition coefficient (Wildman–Crippen LogP) is 2.97. The average molecular weight is 422 g/mol. The van der Waals surface area contributed by atoms with Gasteiger partial charge in [-0.15, -0.1) is 0 Å². The van der Waals surface area contributed by atoms with Crippen LogP contribution in [0.2, 0.25) is 5.02 Å². The summed E-state index contributed by atoms with van der Waals surface area (Å²) < 4.78 is 26.0. The van der Waals surface area contributed by atoms with Gasteiger partial charge in [-0.25, -0.2) is 12.7 Å². The normalized spacial score (nSPS) is 17.1. The van der Waals surface area contributed by atoms with Gasteiger partial charge >= 0.3 is 0 Å². The first kappa shape index (κ1) is 20.3. The van der Waals surface area contributed by atoms with E-state index in [1.165, 1.54) is 37.2 Å². The lowest BCUT2D eigenvalue weighted by atomic mass is 10.1. The molecule has 148 valence electrons. The molecule has 0 saturated heterocycles. The van der Waals surface area contributed by atoms with E-state index in [1.807, 2.05) is 0 Å². The van der Waals surface area contributed by atoms with Crippen LogP contribution in [0.1, 0.15) is 23.7 Å². The van der Waals surface area contributed by atoms with Crippen LogP contribution in [0.4, 0.5) is 11.4 Å². The molecule has 7 nitrogen and oxygen atoms in total. The number of amides is 2. The first-order chi connectivity index (χ1) is 13.1. The molecule has 0 bridgehead atoms. The van der Waals surface area contributed by atoms with E-state index in [1.54, 1.807) is 31.2 Å². The van der Waals surface area contributed by atoms with Crippen LogP contribution in [0.3, 0.4) is 0 Å². The highest BCUT2D eigenvalue weighted by Gasteiger charge is 2.32. The highest BCUT2D eigenvalue weighted by Crippen LogP contribution is 2.34. The molecule has 0 aliphatic carbocycles. The Hall–Kier alpha value is -2.42. The van der Waals surface area contributed by atoms with Gasteiger partial charge in [0.15, 0.2) is 0 Å². The van der Waals surface area contributed by atoms with Crippen LogP contribution < -0.4 is 10.2 Å². The fourth-order valence-corrected chi connectivity index (χ4v) is 4.19. The first-order valence-electron chi connectivity index (χ1n) is 8.57. The van der Waals surface area contributed by atoms with E-state index in [4.69, 9.17) is 11.6 Å². The molecule has 1 atom stereocenters. The molecule has 0 fully saturated rings. The number of para-hydroxylation sites is 2. The zero-order chi connectivity index (χ0) is 20.6. The Balaban J connectivity index is 2.13. The fraction of sp³-hybridized carbons (Fsp3) is 0.263. The number of hydrogen-bond donors (Lipinski definition) is 1. The van der Waals surface area contributed by atoms with Crippen LogP contribution in [0.15, 0.2) is 47.4 Å². The van der Waals surface area contributed by atoms with Crippen LogP contribution in [0, 0.1) is 0 Å². The number of nitrogens with zero attached hydrogens (tertiary/aromatic N) is 2. The van der Waals surface area contributed by atoms with E-state index in [-0.39, 0.29) is 27.8 Å². The third-order valence-electron chi connectivity index (χ3n) is 4.52. The lowest BCUT2D eigenvalue weighted by molar-refractivity contribution is -0.116. The highest BCUT2D eigenvalue weighted by atomic mass is 35.5. The second-order valence-corrected chi connectivity index (χ2v) is 9.28. The smallest absolute Gasteiger partial charge is 0.260 e. The summed E-state index contributed by atoms with van der Waals surface area (Å²) in [6, 6.07) is 10.5. The molecule has 9 heteroatoms. The maximum Gasteiger partial charge on any atom is 0.260 e. The number of anilines is 2. The summed E-state index contributed by atoms with van der Waals surface area (Å²) in [5.74, 6) is -0.678. The van der Waals surface area contributed by atoms with E-state index in [0.29, 0.717) is 11.4 Å². The van der Waals surface area contributed by atoms with Crippen molar-refractivity contribution in [2.75, 3.05) is 24.3 Å². The van der Waals surface area contributed by atoms with E-state index >= 15 is 0 Å². The topological polar surface area (TPSA) is 86.8 Å². The molecule has 1 heterocycles. The van der Waals surface area contributed by atoms with E-state index in [0.717, 1.165) is 4.31 Å². The van der Waals surface area contributed by atoms with Crippen molar-refractivity contribution in [1.82, 2.24) is 4.31 Å². The van der Waals surface area contributed by atoms with Crippen molar-refractivity contribution in [2.45, 2.75) is 24.3 Å². The van der Waals surface area contributed by atoms with E-state index in [9.17, 15) is 18.0 Å². The molecule has 1 N–H and O–H groups in total. The highest BCUT2D eigenvalue weighted by molar-refractivity contribution is 7.89. The Morgan fingerprint density at radius 2 is 1.89 bits per heavy atom. The zero-order valence-electron chi connectivity index (χ0n) is 15.6. The molecule has 1 aliphatic rings. The summed E-state index contributed by atoms with van der Waals surface area (Å²) in [5.41, 5.74) is 1.10. The van der Waals surface area contributed by atoms with Crippen LogP contribution in [0.25, 0.3) is 0 Å².